The third-order valence-corrected chi connectivity index (χ3v) is 6.97. The molecule has 0 radical (unpaired) electrons. The average Bonchev–Trinajstić information content (AvgIpc) is 3.24. The number of aliphatic hydroxyl groups is 1. The number of benzene rings is 1. The molecule has 0 amide bonds. The molecule has 2 aliphatic rings. The highest BCUT2D eigenvalue weighted by atomic mass is 32.1. The number of anilines is 2. The number of aromatic nitrogens is 4. The Bertz CT molecular complexity index is 1020. The molecule has 0 bridgehead atoms. The minimum atomic E-state index is -0.541. The number of ether oxygens (including phenoxy) is 1. The lowest BCUT2D eigenvalue weighted by Gasteiger charge is -2.35. The molecule has 3 aromatic rings. The van der Waals surface area contributed by atoms with Gasteiger partial charge in [0.25, 0.3) is 0 Å². The van der Waals surface area contributed by atoms with Gasteiger partial charge >= 0.3 is 0 Å². The summed E-state index contributed by atoms with van der Waals surface area (Å²) in [5.74, 6) is 0.975. The normalized spacial score (nSPS) is 21.2. The number of rotatable bonds is 4. The molecular formula is C21H26N6O2S. The summed E-state index contributed by atoms with van der Waals surface area (Å²) >= 11 is 1.57. The number of piperidine rings is 1. The van der Waals surface area contributed by atoms with Crippen molar-refractivity contribution in [1.82, 2.24) is 20.4 Å². The molecule has 2 saturated heterocycles. The lowest BCUT2D eigenvalue weighted by molar-refractivity contribution is 0.0977. The third kappa shape index (κ3) is 3.84. The van der Waals surface area contributed by atoms with E-state index in [9.17, 15) is 5.11 Å². The van der Waals surface area contributed by atoms with Crippen LogP contribution in [0.4, 0.5) is 11.5 Å². The molecular weight excluding hydrogens is 400 g/mol. The first-order valence-electron chi connectivity index (χ1n) is 10.5. The Balaban J connectivity index is 1.39. The molecule has 1 N–H and O–H groups in total. The van der Waals surface area contributed by atoms with Crippen molar-refractivity contribution in [2.24, 2.45) is 5.92 Å². The van der Waals surface area contributed by atoms with Crippen LogP contribution in [0.25, 0.3) is 10.9 Å². The van der Waals surface area contributed by atoms with Crippen LogP contribution in [0, 0.1) is 12.8 Å². The Hall–Kier alpha value is -2.36. The number of aliphatic hydroxyl groups excluding tert-OH is 1. The summed E-state index contributed by atoms with van der Waals surface area (Å²) in [5, 5.41) is 25.4. The van der Waals surface area contributed by atoms with Crippen LogP contribution in [0.15, 0.2) is 24.4 Å². The van der Waals surface area contributed by atoms with Gasteiger partial charge in [0.1, 0.15) is 16.6 Å². The number of nitrogens with zero attached hydrogens (tertiary/aromatic N) is 6. The number of hydrogen-bond donors (Lipinski definition) is 1. The van der Waals surface area contributed by atoms with Crippen LogP contribution in [-0.2, 0) is 4.74 Å². The number of hydrogen-bond acceptors (Lipinski definition) is 9. The topological polar surface area (TPSA) is 87.5 Å². The van der Waals surface area contributed by atoms with E-state index < -0.39 is 6.10 Å². The van der Waals surface area contributed by atoms with Gasteiger partial charge in [-0.3, -0.25) is 0 Å². The molecule has 0 aliphatic carbocycles. The summed E-state index contributed by atoms with van der Waals surface area (Å²) in [5.41, 5.74) is 1.99. The summed E-state index contributed by atoms with van der Waals surface area (Å²) < 4.78 is 5.46. The Morgan fingerprint density at radius 1 is 1.17 bits per heavy atom. The minimum Gasteiger partial charge on any atom is -0.386 e. The van der Waals surface area contributed by atoms with Gasteiger partial charge in [-0.15, -0.1) is 21.5 Å². The summed E-state index contributed by atoms with van der Waals surface area (Å²) in [4.78, 5) is 10.1. The van der Waals surface area contributed by atoms with E-state index in [0.29, 0.717) is 0 Å². The zero-order valence-electron chi connectivity index (χ0n) is 17.1. The fraction of sp³-hybridized carbons (Fsp3) is 0.524. The maximum atomic E-state index is 10.9. The monoisotopic (exact) mass is 426 g/mol. The first-order valence-corrected chi connectivity index (χ1v) is 11.3. The number of morpholine rings is 1. The zero-order valence-corrected chi connectivity index (χ0v) is 17.9. The van der Waals surface area contributed by atoms with Gasteiger partial charge in [-0.05, 0) is 43.2 Å². The fourth-order valence-electron chi connectivity index (χ4n) is 4.38. The molecule has 8 nitrogen and oxygen atoms in total. The van der Waals surface area contributed by atoms with E-state index in [2.05, 4.69) is 48.4 Å². The molecule has 2 aromatic heterocycles. The van der Waals surface area contributed by atoms with Crippen molar-refractivity contribution in [2.75, 3.05) is 49.2 Å². The van der Waals surface area contributed by atoms with Crippen molar-refractivity contribution >= 4 is 33.7 Å². The van der Waals surface area contributed by atoms with Crippen LogP contribution < -0.4 is 9.80 Å². The summed E-state index contributed by atoms with van der Waals surface area (Å²) in [6, 6.07) is 6.32. The number of fused-ring (bicyclic) bond motifs is 1. The van der Waals surface area contributed by atoms with Gasteiger partial charge in [0.2, 0.25) is 0 Å². The second kappa shape index (κ2) is 8.41. The van der Waals surface area contributed by atoms with Crippen LogP contribution in [0.5, 0.6) is 0 Å². The molecule has 0 unspecified atom stereocenters. The highest BCUT2D eigenvalue weighted by molar-refractivity contribution is 7.11. The number of thiazole rings is 1. The molecule has 30 heavy (non-hydrogen) atoms. The highest BCUT2D eigenvalue weighted by Gasteiger charge is 2.30. The van der Waals surface area contributed by atoms with Crippen molar-refractivity contribution in [3.05, 3.63) is 34.3 Å². The third-order valence-electron chi connectivity index (χ3n) is 5.99. The van der Waals surface area contributed by atoms with Crippen molar-refractivity contribution in [3.63, 3.8) is 0 Å². The van der Waals surface area contributed by atoms with Crippen molar-refractivity contribution < 1.29 is 9.84 Å². The minimum absolute atomic E-state index is 0.127. The van der Waals surface area contributed by atoms with E-state index in [1.165, 1.54) is 0 Å². The fourth-order valence-corrected chi connectivity index (χ4v) is 5.23. The molecule has 1 aromatic carbocycles. The molecule has 2 atom stereocenters. The van der Waals surface area contributed by atoms with E-state index in [1.807, 2.05) is 13.1 Å². The molecule has 0 saturated carbocycles. The summed E-state index contributed by atoms with van der Waals surface area (Å²) in [6.07, 6.45) is 3.27. The van der Waals surface area contributed by atoms with Crippen LogP contribution >= 0.6 is 11.3 Å². The maximum absolute atomic E-state index is 10.9. The van der Waals surface area contributed by atoms with E-state index in [0.717, 1.165) is 84.5 Å². The van der Waals surface area contributed by atoms with E-state index in [1.54, 1.807) is 11.3 Å². The van der Waals surface area contributed by atoms with E-state index >= 15 is 0 Å². The first kappa shape index (κ1) is 19.6. The van der Waals surface area contributed by atoms with Crippen LogP contribution in [0.3, 0.4) is 0 Å². The molecule has 2 aliphatic heterocycles. The molecule has 4 heterocycles. The van der Waals surface area contributed by atoms with Crippen molar-refractivity contribution in [3.8, 4) is 0 Å². The smallest absolute Gasteiger partial charge is 0.162 e. The Morgan fingerprint density at radius 2 is 2.03 bits per heavy atom. The second-order valence-electron chi connectivity index (χ2n) is 8.02. The van der Waals surface area contributed by atoms with Crippen LogP contribution in [0.2, 0.25) is 0 Å². The number of aryl methyl sites for hydroxylation is 1. The predicted octanol–water partition coefficient (Wildman–Crippen LogP) is 2.58. The average molecular weight is 427 g/mol. The molecule has 5 rings (SSSR count). The SMILES string of the molecule is Cc1cnc([C@@H](O)[C@H]2CCCN(c3nnnc4cc(N5CCOCC5)ccc34)C2)s1. The largest absolute Gasteiger partial charge is 0.386 e. The van der Waals surface area contributed by atoms with Crippen LogP contribution in [0.1, 0.15) is 28.8 Å². The molecule has 9 heteroatoms. The highest BCUT2D eigenvalue weighted by Crippen LogP contribution is 2.35. The van der Waals surface area contributed by atoms with Gasteiger partial charge in [0.05, 0.1) is 13.2 Å². The van der Waals surface area contributed by atoms with Crippen molar-refractivity contribution in [2.45, 2.75) is 25.9 Å². The van der Waals surface area contributed by atoms with Gasteiger partial charge in [0, 0.05) is 54.2 Å². The lowest BCUT2D eigenvalue weighted by atomic mass is 9.92. The zero-order chi connectivity index (χ0) is 20.5. The summed E-state index contributed by atoms with van der Waals surface area (Å²) in [6.45, 7) is 6.93. The second-order valence-corrected chi connectivity index (χ2v) is 9.28. The Kier molecular flexibility index (Phi) is 5.49. The molecule has 158 valence electrons. The molecule has 0 spiro atoms. The summed E-state index contributed by atoms with van der Waals surface area (Å²) in [7, 11) is 0. The first-order chi connectivity index (χ1) is 14.7. The van der Waals surface area contributed by atoms with Crippen LogP contribution in [-0.4, -0.2) is 64.9 Å². The quantitative estimate of drug-likeness (QED) is 0.681. The lowest BCUT2D eigenvalue weighted by Crippen LogP contribution is -2.38. The standard InChI is InChI=1S/C21H26N6O2S/c1-14-12-22-21(30-14)19(28)15-3-2-6-27(13-15)20-17-5-4-16(11-18(17)23-25-24-20)26-7-9-29-10-8-26/h4-5,11-12,15,19,28H,2-3,6-10,13H2,1H3/t15-,19-/m0/s1. The maximum Gasteiger partial charge on any atom is 0.162 e. The van der Waals surface area contributed by atoms with Gasteiger partial charge in [-0.2, -0.15) is 0 Å². The Labute approximate surface area is 179 Å². The van der Waals surface area contributed by atoms with Gasteiger partial charge in [-0.1, -0.05) is 0 Å². The van der Waals surface area contributed by atoms with E-state index in [4.69, 9.17) is 4.74 Å². The van der Waals surface area contributed by atoms with Crippen molar-refractivity contribution in [1.29, 1.82) is 0 Å². The Morgan fingerprint density at radius 3 is 2.83 bits per heavy atom. The van der Waals surface area contributed by atoms with Gasteiger partial charge in [-0.25, -0.2) is 4.98 Å². The van der Waals surface area contributed by atoms with Gasteiger partial charge < -0.3 is 19.6 Å². The van der Waals surface area contributed by atoms with E-state index in [-0.39, 0.29) is 5.92 Å². The molecule has 2 fully saturated rings. The van der Waals surface area contributed by atoms with Gasteiger partial charge in [0.15, 0.2) is 5.82 Å². The predicted molar refractivity (Wildman–Crippen MR) is 117 cm³/mol.